The lowest BCUT2D eigenvalue weighted by Gasteiger charge is -2.15. The van der Waals surface area contributed by atoms with Crippen LogP contribution < -0.4 is 5.32 Å². The van der Waals surface area contributed by atoms with Gasteiger partial charge in [-0.25, -0.2) is 0 Å². The Labute approximate surface area is 84.1 Å². The molecule has 0 aliphatic rings. The molecule has 0 saturated carbocycles. The first-order valence-electron chi connectivity index (χ1n) is 4.18. The standard InChI is InChI=1S/C8H16N2O2S/c1-4-10(3)7(11)5-9-8(12)6(2)13/h6,13H,4-5H2,1-3H3,(H,9,12). The lowest BCUT2D eigenvalue weighted by Crippen LogP contribution is -2.40. The number of carbonyl (C=O) groups is 2. The fourth-order valence-corrected chi connectivity index (χ4v) is 0.713. The molecule has 1 atom stereocenters. The predicted molar refractivity (Wildman–Crippen MR) is 54.8 cm³/mol. The van der Waals surface area contributed by atoms with E-state index in [0.717, 1.165) is 0 Å². The van der Waals surface area contributed by atoms with Crippen LogP contribution in [0.25, 0.3) is 0 Å². The molecular weight excluding hydrogens is 188 g/mol. The highest BCUT2D eigenvalue weighted by Gasteiger charge is 2.11. The van der Waals surface area contributed by atoms with Gasteiger partial charge in [0, 0.05) is 13.6 Å². The van der Waals surface area contributed by atoms with Gasteiger partial charge < -0.3 is 10.2 Å². The SMILES string of the molecule is CCN(C)C(=O)CNC(=O)C(C)S. The zero-order chi connectivity index (χ0) is 10.4. The number of thiol groups is 1. The normalized spacial score (nSPS) is 12.0. The number of likely N-dealkylation sites (N-methyl/N-ethyl adjacent to an activating group) is 1. The number of carbonyl (C=O) groups excluding carboxylic acids is 2. The second-order valence-corrected chi connectivity index (χ2v) is 3.58. The van der Waals surface area contributed by atoms with Gasteiger partial charge in [0.2, 0.25) is 11.8 Å². The van der Waals surface area contributed by atoms with E-state index in [1.54, 1.807) is 18.9 Å². The fourth-order valence-electron chi connectivity index (χ4n) is 0.622. The highest BCUT2D eigenvalue weighted by atomic mass is 32.1. The van der Waals surface area contributed by atoms with E-state index in [9.17, 15) is 9.59 Å². The molecule has 0 bridgehead atoms. The summed E-state index contributed by atoms with van der Waals surface area (Å²) >= 11 is 3.93. The third-order valence-electron chi connectivity index (χ3n) is 1.69. The van der Waals surface area contributed by atoms with Crippen molar-refractivity contribution < 1.29 is 9.59 Å². The molecule has 0 spiro atoms. The molecule has 2 amide bonds. The molecule has 13 heavy (non-hydrogen) atoms. The van der Waals surface area contributed by atoms with E-state index in [0.29, 0.717) is 6.54 Å². The van der Waals surface area contributed by atoms with Gasteiger partial charge in [-0.3, -0.25) is 9.59 Å². The van der Waals surface area contributed by atoms with Gasteiger partial charge >= 0.3 is 0 Å². The third-order valence-corrected chi connectivity index (χ3v) is 1.93. The average Bonchev–Trinajstić information content (AvgIpc) is 2.11. The molecule has 1 unspecified atom stereocenters. The van der Waals surface area contributed by atoms with Crippen molar-refractivity contribution in [2.75, 3.05) is 20.1 Å². The summed E-state index contributed by atoms with van der Waals surface area (Å²) in [5.74, 6) is -0.314. The summed E-state index contributed by atoms with van der Waals surface area (Å²) in [4.78, 5) is 23.7. The summed E-state index contributed by atoms with van der Waals surface area (Å²) < 4.78 is 0. The molecule has 0 saturated heterocycles. The first-order chi connectivity index (χ1) is 5.99. The van der Waals surface area contributed by atoms with Gasteiger partial charge in [0.1, 0.15) is 0 Å². The summed E-state index contributed by atoms with van der Waals surface area (Å²) in [6.45, 7) is 4.23. The van der Waals surface area contributed by atoms with Crippen LogP contribution in [0.15, 0.2) is 0 Å². The van der Waals surface area contributed by atoms with Gasteiger partial charge in [0.05, 0.1) is 11.8 Å². The van der Waals surface area contributed by atoms with Crippen LogP contribution in [-0.2, 0) is 9.59 Å². The highest BCUT2D eigenvalue weighted by molar-refractivity contribution is 7.81. The van der Waals surface area contributed by atoms with Crippen molar-refractivity contribution in [1.29, 1.82) is 0 Å². The van der Waals surface area contributed by atoms with Crippen LogP contribution in [0.5, 0.6) is 0 Å². The lowest BCUT2D eigenvalue weighted by molar-refractivity contribution is -0.131. The van der Waals surface area contributed by atoms with Crippen molar-refractivity contribution in [1.82, 2.24) is 10.2 Å². The van der Waals surface area contributed by atoms with Crippen molar-refractivity contribution in [3.8, 4) is 0 Å². The predicted octanol–water partition coefficient (Wildman–Crippen LogP) is -0.101. The van der Waals surface area contributed by atoms with E-state index >= 15 is 0 Å². The first kappa shape index (κ1) is 12.3. The lowest BCUT2D eigenvalue weighted by atomic mass is 10.4. The Morgan fingerprint density at radius 2 is 2.08 bits per heavy atom. The molecule has 0 rings (SSSR count). The van der Waals surface area contributed by atoms with Crippen LogP contribution in [0.4, 0.5) is 0 Å². The van der Waals surface area contributed by atoms with Gasteiger partial charge in [-0.15, -0.1) is 0 Å². The average molecular weight is 204 g/mol. The maximum absolute atomic E-state index is 11.2. The van der Waals surface area contributed by atoms with Crippen LogP contribution in [-0.4, -0.2) is 42.1 Å². The second-order valence-electron chi connectivity index (χ2n) is 2.80. The molecule has 5 heteroatoms. The minimum absolute atomic E-state index is 0.0497. The van der Waals surface area contributed by atoms with E-state index in [1.807, 2.05) is 6.92 Å². The molecule has 0 aromatic carbocycles. The minimum atomic E-state index is -0.375. The molecule has 1 N–H and O–H groups in total. The summed E-state index contributed by atoms with van der Waals surface area (Å²) in [6.07, 6.45) is 0. The maximum atomic E-state index is 11.2. The molecule has 0 aliphatic carbocycles. The monoisotopic (exact) mass is 204 g/mol. The summed E-state index contributed by atoms with van der Waals surface area (Å²) in [5, 5.41) is 2.12. The van der Waals surface area contributed by atoms with Gasteiger partial charge in [-0.2, -0.15) is 12.6 Å². The van der Waals surface area contributed by atoms with Crippen LogP contribution >= 0.6 is 12.6 Å². The quantitative estimate of drug-likeness (QED) is 0.628. The van der Waals surface area contributed by atoms with Crippen molar-refractivity contribution >= 4 is 24.4 Å². The second kappa shape index (κ2) is 5.85. The van der Waals surface area contributed by atoms with Crippen LogP contribution in [0.3, 0.4) is 0 Å². The van der Waals surface area contributed by atoms with Crippen molar-refractivity contribution in [2.24, 2.45) is 0 Å². The Morgan fingerprint density at radius 3 is 2.46 bits per heavy atom. The zero-order valence-electron chi connectivity index (χ0n) is 8.20. The van der Waals surface area contributed by atoms with Gasteiger partial charge in [-0.1, -0.05) is 0 Å². The van der Waals surface area contributed by atoms with Crippen LogP contribution in [0.1, 0.15) is 13.8 Å². The Hall–Kier alpha value is -0.710. The van der Waals surface area contributed by atoms with Gasteiger partial charge in [0.25, 0.3) is 0 Å². The van der Waals surface area contributed by atoms with E-state index in [-0.39, 0.29) is 23.6 Å². The van der Waals surface area contributed by atoms with E-state index in [1.165, 1.54) is 0 Å². The molecule has 0 aromatic heterocycles. The fraction of sp³-hybridized carbons (Fsp3) is 0.750. The largest absolute Gasteiger partial charge is 0.346 e. The van der Waals surface area contributed by atoms with Gasteiger partial charge in [0.15, 0.2) is 0 Å². The number of rotatable bonds is 4. The third kappa shape index (κ3) is 4.77. The molecular formula is C8H16N2O2S. The number of hydrogen-bond donors (Lipinski definition) is 2. The first-order valence-corrected chi connectivity index (χ1v) is 4.70. The number of nitrogens with one attached hydrogen (secondary N) is 1. The van der Waals surface area contributed by atoms with E-state index in [2.05, 4.69) is 17.9 Å². The molecule has 4 nitrogen and oxygen atoms in total. The van der Waals surface area contributed by atoms with Crippen LogP contribution in [0.2, 0.25) is 0 Å². The molecule has 0 radical (unpaired) electrons. The topological polar surface area (TPSA) is 49.4 Å². The van der Waals surface area contributed by atoms with Crippen molar-refractivity contribution in [2.45, 2.75) is 19.1 Å². The number of nitrogens with zero attached hydrogens (tertiary/aromatic N) is 1. The number of hydrogen-bond acceptors (Lipinski definition) is 3. The Morgan fingerprint density at radius 1 is 1.54 bits per heavy atom. The maximum Gasteiger partial charge on any atom is 0.241 e. The summed E-state index contributed by atoms with van der Waals surface area (Å²) in [5.41, 5.74) is 0. The Bertz CT molecular complexity index is 195. The molecule has 76 valence electrons. The van der Waals surface area contributed by atoms with Crippen molar-refractivity contribution in [3.63, 3.8) is 0 Å². The molecule has 0 aliphatic heterocycles. The summed E-state index contributed by atoms with van der Waals surface area (Å²) in [6, 6.07) is 0. The molecule has 0 aromatic rings. The summed E-state index contributed by atoms with van der Waals surface area (Å²) in [7, 11) is 1.69. The van der Waals surface area contributed by atoms with E-state index < -0.39 is 0 Å². The molecule has 0 fully saturated rings. The van der Waals surface area contributed by atoms with Gasteiger partial charge in [-0.05, 0) is 13.8 Å². The van der Waals surface area contributed by atoms with E-state index in [4.69, 9.17) is 0 Å². The molecule has 0 heterocycles. The Balaban J connectivity index is 3.77. The Kier molecular flexibility index (Phi) is 5.53. The zero-order valence-corrected chi connectivity index (χ0v) is 9.10. The van der Waals surface area contributed by atoms with Crippen molar-refractivity contribution in [3.05, 3.63) is 0 Å². The smallest absolute Gasteiger partial charge is 0.241 e. The minimum Gasteiger partial charge on any atom is -0.346 e. The van der Waals surface area contributed by atoms with Crippen LogP contribution in [0, 0.1) is 0 Å². The number of amides is 2. The highest BCUT2D eigenvalue weighted by Crippen LogP contribution is 1.91.